The molecule has 4 heteroatoms. The highest BCUT2D eigenvalue weighted by Crippen LogP contribution is 2.15. The van der Waals surface area contributed by atoms with Gasteiger partial charge in [0.25, 0.3) is 0 Å². The smallest absolute Gasteiger partial charge is 0.0662 e. The lowest BCUT2D eigenvalue weighted by molar-refractivity contribution is 0.114. The molecular weight excluding hydrogens is 238 g/mol. The van der Waals surface area contributed by atoms with Crippen LogP contribution in [0.25, 0.3) is 5.69 Å². The predicted molar refractivity (Wildman–Crippen MR) is 76.5 cm³/mol. The highest BCUT2D eigenvalue weighted by atomic mass is 16.5. The van der Waals surface area contributed by atoms with Gasteiger partial charge in [0.2, 0.25) is 0 Å². The number of nitrogens with one attached hydrogen (secondary N) is 1. The van der Waals surface area contributed by atoms with E-state index in [1.54, 1.807) is 0 Å². The van der Waals surface area contributed by atoms with Crippen molar-refractivity contribution in [1.29, 1.82) is 0 Å². The van der Waals surface area contributed by atoms with E-state index < -0.39 is 0 Å². The Kier molecular flexibility index (Phi) is 5.12. The molecule has 2 rings (SSSR count). The van der Waals surface area contributed by atoms with Crippen LogP contribution in [0.15, 0.2) is 42.7 Å². The predicted octanol–water partition coefficient (Wildman–Crippen LogP) is 2.56. The van der Waals surface area contributed by atoms with Gasteiger partial charge in [0, 0.05) is 18.4 Å². The Bertz CT molecular complexity index is 481. The Hall–Kier alpha value is -1.65. The fraction of sp³-hybridized carbons (Fsp3) is 0.400. The minimum absolute atomic E-state index is 0.184. The molecule has 19 heavy (non-hydrogen) atoms. The zero-order valence-electron chi connectivity index (χ0n) is 11.5. The molecule has 0 aliphatic carbocycles. The third kappa shape index (κ3) is 3.66. The van der Waals surface area contributed by atoms with E-state index in [1.165, 1.54) is 0 Å². The summed E-state index contributed by atoms with van der Waals surface area (Å²) >= 11 is 0. The van der Waals surface area contributed by atoms with E-state index in [4.69, 9.17) is 4.74 Å². The Balaban J connectivity index is 2.06. The molecule has 0 bridgehead atoms. The summed E-state index contributed by atoms with van der Waals surface area (Å²) in [7, 11) is 1.94. The summed E-state index contributed by atoms with van der Waals surface area (Å²) in [6.07, 6.45) is 4.98. The molecule has 2 aromatic rings. The fourth-order valence-corrected chi connectivity index (χ4v) is 1.93. The van der Waals surface area contributed by atoms with Gasteiger partial charge < -0.3 is 10.1 Å². The van der Waals surface area contributed by atoms with Gasteiger partial charge in [-0.15, -0.1) is 0 Å². The van der Waals surface area contributed by atoms with Gasteiger partial charge in [-0.2, -0.15) is 5.10 Å². The Labute approximate surface area is 114 Å². The standard InChI is InChI=1S/C15H21N3O/c1-3-9-19-12-15(16-2)13-10-17-18(11-13)14-7-5-4-6-8-14/h4-8,10-11,15-16H,3,9,12H2,1-2H3. The van der Waals surface area contributed by atoms with E-state index >= 15 is 0 Å². The molecule has 4 nitrogen and oxygen atoms in total. The first-order chi connectivity index (χ1) is 9.35. The SMILES string of the molecule is CCCOCC(NC)c1cnn(-c2ccccc2)c1. The number of hydrogen-bond acceptors (Lipinski definition) is 3. The van der Waals surface area contributed by atoms with Gasteiger partial charge in [0.05, 0.1) is 24.5 Å². The second-order valence-corrected chi connectivity index (χ2v) is 4.47. The van der Waals surface area contributed by atoms with Crippen molar-refractivity contribution in [3.8, 4) is 5.69 Å². The Morgan fingerprint density at radius 2 is 2.11 bits per heavy atom. The van der Waals surface area contributed by atoms with Gasteiger partial charge in [-0.1, -0.05) is 25.1 Å². The second kappa shape index (κ2) is 7.07. The van der Waals surface area contributed by atoms with Crippen molar-refractivity contribution in [3.05, 3.63) is 48.3 Å². The number of likely N-dealkylation sites (N-methyl/N-ethyl adjacent to an activating group) is 1. The summed E-state index contributed by atoms with van der Waals surface area (Å²) in [4.78, 5) is 0. The van der Waals surface area contributed by atoms with E-state index in [0.29, 0.717) is 6.61 Å². The minimum atomic E-state index is 0.184. The first-order valence-electron chi connectivity index (χ1n) is 6.70. The van der Waals surface area contributed by atoms with Gasteiger partial charge >= 0.3 is 0 Å². The maximum absolute atomic E-state index is 5.61. The summed E-state index contributed by atoms with van der Waals surface area (Å²) in [5.74, 6) is 0. The molecule has 0 saturated heterocycles. The lowest BCUT2D eigenvalue weighted by Crippen LogP contribution is -2.21. The summed E-state index contributed by atoms with van der Waals surface area (Å²) in [5, 5.41) is 7.67. The average Bonchev–Trinajstić information content (AvgIpc) is 2.94. The maximum atomic E-state index is 5.61. The number of ether oxygens (including phenoxy) is 1. The summed E-state index contributed by atoms with van der Waals surface area (Å²) < 4.78 is 7.49. The van der Waals surface area contributed by atoms with Crippen LogP contribution in [0.3, 0.4) is 0 Å². The molecule has 0 aliphatic rings. The molecule has 0 radical (unpaired) electrons. The van der Waals surface area contributed by atoms with E-state index in [0.717, 1.165) is 24.3 Å². The molecule has 1 aromatic carbocycles. The minimum Gasteiger partial charge on any atom is -0.379 e. The van der Waals surface area contributed by atoms with Crippen LogP contribution in [-0.4, -0.2) is 30.0 Å². The van der Waals surface area contributed by atoms with E-state index in [9.17, 15) is 0 Å². The Morgan fingerprint density at radius 3 is 2.79 bits per heavy atom. The van der Waals surface area contributed by atoms with Crippen molar-refractivity contribution in [1.82, 2.24) is 15.1 Å². The normalized spacial score (nSPS) is 12.5. The number of hydrogen-bond donors (Lipinski definition) is 1. The topological polar surface area (TPSA) is 39.1 Å². The zero-order valence-corrected chi connectivity index (χ0v) is 11.5. The van der Waals surface area contributed by atoms with Gasteiger partial charge in [-0.25, -0.2) is 4.68 Å². The van der Waals surface area contributed by atoms with Gasteiger partial charge in [-0.3, -0.25) is 0 Å². The van der Waals surface area contributed by atoms with E-state index in [-0.39, 0.29) is 6.04 Å². The molecule has 0 saturated carbocycles. The number of nitrogens with zero attached hydrogens (tertiary/aromatic N) is 2. The lowest BCUT2D eigenvalue weighted by atomic mass is 10.2. The molecule has 1 aromatic heterocycles. The van der Waals surface area contributed by atoms with E-state index in [2.05, 4.69) is 17.3 Å². The first-order valence-corrected chi connectivity index (χ1v) is 6.70. The molecular formula is C15H21N3O. The van der Waals surface area contributed by atoms with Crippen molar-refractivity contribution in [2.24, 2.45) is 0 Å². The largest absolute Gasteiger partial charge is 0.379 e. The van der Waals surface area contributed by atoms with E-state index in [1.807, 2.05) is 54.5 Å². The highest BCUT2D eigenvalue weighted by molar-refractivity contribution is 5.31. The summed E-state index contributed by atoms with van der Waals surface area (Å²) in [6, 6.07) is 10.3. The van der Waals surface area contributed by atoms with Crippen LogP contribution in [-0.2, 0) is 4.74 Å². The zero-order chi connectivity index (χ0) is 13.5. The average molecular weight is 259 g/mol. The van der Waals surface area contributed by atoms with Crippen molar-refractivity contribution >= 4 is 0 Å². The second-order valence-electron chi connectivity index (χ2n) is 4.47. The first kappa shape index (κ1) is 13.8. The van der Waals surface area contributed by atoms with Gasteiger partial charge in [0.1, 0.15) is 0 Å². The third-order valence-electron chi connectivity index (χ3n) is 3.01. The molecule has 0 amide bonds. The van der Waals surface area contributed by atoms with Crippen molar-refractivity contribution < 1.29 is 4.74 Å². The van der Waals surface area contributed by atoms with Crippen molar-refractivity contribution in [2.75, 3.05) is 20.3 Å². The van der Waals surface area contributed by atoms with Crippen LogP contribution in [0.1, 0.15) is 24.9 Å². The number of rotatable bonds is 7. The Morgan fingerprint density at radius 1 is 1.32 bits per heavy atom. The molecule has 0 fully saturated rings. The van der Waals surface area contributed by atoms with Crippen LogP contribution in [0.5, 0.6) is 0 Å². The van der Waals surface area contributed by atoms with Gasteiger partial charge in [0.15, 0.2) is 0 Å². The molecule has 0 spiro atoms. The number of aromatic nitrogens is 2. The lowest BCUT2D eigenvalue weighted by Gasteiger charge is -2.14. The molecule has 1 N–H and O–H groups in total. The van der Waals surface area contributed by atoms with Gasteiger partial charge in [-0.05, 0) is 25.6 Å². The summed E-state index contributed by atoms with van der Waals surface area (Å²) in [6.45, 7) is 3.58. The van der Waals surface area contributed by atoms with Crippen LogP contribution in [0, 0.1) is 0 Å². The maximum Gasteiger partial charge on any atom is 0.0662 e. The summed E-state index contributed by atoms with van der Waals surface area (Å²) in [5.41, 5.74) is 2.21. The molecule has 1 unspecified atom stereocenters. The number of benzene rings is 1. The van der Waals surface area contributed by atoms with Crippen LogP contribution >= 0.6 is 0 Å². The van der Waals surface area contributed by atoms with Crippen molar-refractivity contribution in [3.63, 3.8) is 0 Å². The molecule has 0 aliphatic heterocycles. The monoisotopic (exact) mass is 259 g/mol. The third-order valence-corrected chi connectivity index (χ3v) is 3.01. The van der Waals surface area contributed by atoms with Crippen molar-refractivity contribution in [2.45, 2.75) is 19.4 Å². The van der Waals surface area contributed by atoms with Crippen LogP contribution in [0.2, 0.25) is 0 Å². The molecule has 1 atom stereocenters. The number of para-hydroxylation sites is 1. The van der Waals surface area contributed by atoms with Crippen LogP contribution in [0.4, 0.5) is 0 Å². The highest BCUT2D eigenvalue weighted by Gasteiger charge is 2.12. The quantitative estimate of drug-likeness (QED) is 0.777. The molecule has 102 valence electrons. The van der Waals surface area contributed by atoms with Crippen LogP contribution < -0.4 is 5.32 Å². The fourth-order valence-electron chi connectivity index (χ4n) is 1.93. The molecule has 1 heterocycles.